The van der Waals surface area contributed by atoms with Gasteiger partial charge in [0, 0.05) is 12.7 Å². The van der Waals surface area contributed by atoms with E-state index in [0.29, 0.717) is 0 Å². The number of likely N-dealkylation sites (N-methyl/N-ethyl adjacent to an activating group) is 1. The van der Waals surface area contributed by atoms with Gasteiger partial charge < -0.3 is 0 Å². The van der Waals surface area contributed by atoms with Crippen LogP contribution in [0.3, 0.4) is 0 Å². The summed E-state index contributed by atoms with van der Waals surface area (Å²) in [5.41, 5.74) is -5.27. The maximum absolute atomic E-state index is 12.4. The Hall–Kier alpha value is -2.10. The molecule has 0 bridgehead atoms. The fourth-order valence-corrected chi connectivity index (χ4v) is 2.83. The molecule has 120 valence electrons. The molecule has 3 amide bonds. The van der Waals surface area contributed by atoms with Crippen LogP contribution < -0.4 is 4.90 Å². The van der Waals surface area contributed by atoms with Crippen LogP contribution in [0.15, 0.2) is 29.2 Å². The minimum absolute atomic E-state index is 0.135. The monoisotopic (exact) mass is 336 g/mol. The number of imide groups is 1. The average molecular weight is 336 g/mol. The van der Waals surface area contributed by atoms with Gasteiger partial charge in [0.1, 0.15) is 6.04 Å². The largest absolute Gasteiger partial charge is 0.501 e. The topological polar surface area (TPSA) is 74.8 Å². The van der Waals surface area contributed by atoms with E-state index in [-0.39, 0.29) is 5.69 Å². The minimum Gasteiger partial charge on any atom is -0.282 e. The molecule has 10 heteroatoms. The highest BCUT2D eigenvalue weighted by molar-refractivity contribution is 7.92. The number of halogens is 3. The van der Waals surface area contributed by atoms with Crippen LogP contribution in [-0.4, -0.2) is 43.9 Å². The second-order valence-corrected chi connectivity index (χ2v) is 6.61. The Morgan fingerprint density at radius 1 is 1.09 bits per heavy atom. The average Bonchev–Trinajstić information content (AvgIpc) is 2.62. The van der Waals surface area contributed by atoms with Gasteiger partial charge in [-0.3, -0.25) is 14.6 Å². The first-order valence-corrected chi connectivity index (χ1v) is 7.49. The van der Waals surface area contributed by atoms with Crippen LogP contribution in [0.5, 0.6) is 0 Å². The molecule has 2 rings (SSSR count). The second-order valence-electron chi connectivity index (χ2n) is 4.67. The zero-order valence-electron chi connectivity index (χ0n) is 11.5. The Balaban J connectivity index is 2.39. The lowest BCUT2D eigenvalue weighted by atomic mass is 10.2. The van der Waals surface area contributed by atoms with Crippen molar-refractivity contribution in [3.8, 4) is 0 Å². The highest BCUT2D eigenvalue weighted by atomic mass is 32.2. The van der Waals surface area contributed by atoms with E-state index in [0.717, 1.165) is 34.1 Å². The number of anilines is 1. The van der Waals surface area contributed by atoms with E-state index in [1.54, 1.807) is 0 Å². The summed E-state index contributed by atoms with van der Waals surface area (Å²) in [7, 11) is -4.16. The summed E-state index contributed by atoms with van der Waals surface area (Å²) in [6.45, 7) is 1.46. The van der Waals surface area contributed by atoms with Gasteiger partial charge in [-0.15, -0.1) is 0 Å². The molecule has 0 N–H and O–H groups in total. The van der Waals surface area contributed by atoms with Crippen molar-refractivity contribution in [1.82, 2.24) is 4.90 Å². The number of carbonyl (C=O) groups excluding carboxylic acids is 2. The van der Waals surface area contributed by atoms with Crippen LogP contribution in [0.1, 0.15) is 6.92 Å². The Morgan fingerprint density at radius 2 is 1.59 bits per heavy atom. The number of hydrogen-bond acceptors (Lipinski definition) is 4. The normalized spacial score (nSPS) is 20.0. The van der Waals surface area contributed by atoms with Gasteiger partial charge in [0.15, 0.2) is 0 Å². The molecule has 0 radical (unpaired) electrons. The lowest BCUT2D eigenvalue weighted by molar-refractivity contribution is -0.125. The molecular formula is C12H11F3N2O4S. The van der Waals surface area contributed by atoms with Crippen molar-refractivity contribution >= 4 is 27.5 Å². The van der Waals surface area contributed by atoms with Crippen molar-refractivity contribution in [2.24, 2.45) is 0 Å². The molecule has 1 aromatic rings. The standard InChI is InChI=1S/C12H11F3N2O4S/c1-7-10(18)16(2)11(19)17(7)8-3-5-9(6-4-8)22(20,21)12(13,14)15/h3-7H,1-2H3. The van der Waals surface area contributed by atoms with Crippen LogP contribution in [0.2, 0.25) is 0 Å². The Kier molecular flexibility index (Phi) is 3.68. The van der Waals surface area contributed by atoms with E-state index in [9.17, 15) is 31.2 Å². The number of sulfone groups is 1. The number of amides is 3. The van der Waals surface area contributed by atoms with Crippen LogP contribution in [0.25, 0.3) is 0 Å². The number of alkyl halides is 3. The van der Waals surface area contributed by atoms with Gasteiger partial charge in [-0.1, -0.05) is 0 Å². The molecule has 1 aliphatic heterocycles. The van der Waals surface area contributed by atoms with E-state index in [2.05, 4.69) is 0 Å². The summed E-state index contributed by atoms with van der Waals surface area (Å²) in [4.78, 5) is 24.6. The lowest BCUT2D eigenvalue weighted by Gasteiger charge is -2.19. The van der Waals surface area contributed by atoms with Crippen molar-refractivity contribution in [2.45, 2.75) is 23.4 Å². The van der Waals surface area contributed by atoms with Gasteiger partial charge in [0.25, 0.3) is 15.7 Å². The molecule has 1 aliphatic rings. The summed E-state index contributed by atoms with van der Waals surface area (Å²) < 4.78 is 59.8. The molecule has 1 saturated heterocycles. The molecule has 0 aliphatic carbocycles. The number of benzene rings is 1. The molecule has 22 heavy (non-hydrogen) atoms. The lowest BCUT2D eigenvalue weighted by Crippen LogP contribution is -2.33. The van der Waals surface area contributed by atoms with E-state index in [4.69, 9.17) is 0 Å². The molecule has 6 nitrogen and oxygen atoms in total. The Morgan fingerprint density at radius 3 is 1.95 bits per heavy atom. The number of nitrogens with zero attached hydrogens (tertiary/aromatic N) is 2. The van der Waals surface area contributed by atoms with Crippen LogP contribution >= 0.6 is 0 Å². The molecule has 0 spiro atoms. The SMILES string of the molecule is CC1C(=O)N(C)C(=O)N1c1ccc(S(=O)(=O)C(F)(F)F)cc1. The number of hydrogen-bond donors (Lipinski definition) is 0. The Bertz CT molecular complexity index is 728. The fourth-order valence-electron chi connectivity index (χ4n) is 2.07. The zero-order chi connectivity index (χ0) is 16.9. The van der Waals surface area contributed by atoms with Gasteiger partial charge in [0.2, 0.25) is 0 Å². The number of carbonyl (C=O) groups is 2. The molecule has 1 unspecified atom stereocenters. The predicted molar refractivity (Wildman–Crippen MR) is 69.8 cm³/mol. The van der Waals surface area contributed by atoms with Crippen LogP contribution in [0.4, 0.5) is 23.7 Å². The van der Waals surface area contributed by atoms with E-state index >= 15 is 0 Å². The molecule has 1 fully saturated rings. The third kappa shape index (κ3) is 2.32. The molecule has 1 aromatic carbocycles. The van der Waals surface area contributed by atoms with Gasteiger partial charge in [-0.2, -0.15) is 13.2 Å². The minimum atomic E-state index is -5.45. The predicted octanol–water partition coefficient (Wildman–Crippen LogP) is 1.77. The quantitative estimate of drug-likeness (QED) is 0.772. The number of rotatable bonds is 2. The molecule has 0 aromatic heterocycles. The molecule has 1 atom stereocenters. The molecule has 0 saturated carbocycles. The van der Waals surface area contributed by atoms with Crippen molar-refractivity contribution in [2.75, 3.05) is 11.9 Å². The first-order chi connectivity index (χ1) is 9.98. The van der Waals surface area contributed by atoms with E-state index < -0.39 is 38.2 Å². The third-order valence-electron chi connectivity index (χ3n) is 3.30. The highest BCUT2D eigenvalue weighted by Gasteiger charge is 2.47. The van der Waals surface area contributed by atoms with Gasteiger partial charge >= 0.3 is 11.5 Å². The summed E-state index contributed by atoms with van der Waals surface area (Å²) in [5.74, 6) is -0.461. The third-order valence-corrected chi connectivity index (χ3v) is 4.80. The van der Waals surface area contributed by atoms with Crippen LogP contribution in [0, 0.1) is 0 Å². The smallest absolute Gasteiger partial charge is 0.282 e. The summed E-state index contributed by atoms with van der Waals surface area (Å²) >= 11 is 0. The fraction of sp³-hybridized carbons (Fsp3) is 0.333. The van der Waals surface area contributed by atoms with Gasteiger partial charge in [-0.05, 0) is 31.2 Å². The molecular weight excluding hydrogens is 325 g/mol. The highest BCUT2D eigenvalue weighted by Crippen LogP contribution is 2.32. The summed E-state index contributed by atoms with van der Waals surface area (Å²) in [6, 6.07) is 2.16. The van der Waals surface area contributed by atoms with Crippen molar-refractivity contribution < 1.29 is 31.2 Å². The Labute approximate surface area is 124 Å². The maximum atomic E-state index is 12.4. The van der Waals surface area contributed by atoms with Crippen molar-refractivity contribution in [3.05, 3.63) is 24.3 Å². The second kappa shape index (κ2) is 4.97. The van der Waals surface area contributed by atoms with Crippen molar-refractivity contribution in [3.63, 3.8) is 0 Å². The summed E-state index contributed by atoms with van der Waals surface area (Å²) in [5, 5.41) is 0. The summed E-state index contributed by atoms with van der Waals surface area (Å²) in [6.07, 6.45) is 0. The van der Waals surface area contributed by atoms with Crippen molar-refractivity contribution in [1.29, 1.82) is 0 Å². The first-order valence-electron chi connectivity index (χ1n) is 6.00. The van der Waals surface area contributed by atoms with Gasteiger partial charge in [0.05, 0.1) is 4.90 Å². The van der Waals surface area contributed by atoms with Gasteiger partial charge in [-0.25, -0.2) is 13.2 Å². The number of urea groups is 1. The molecule has 1 heterocycles. The van der Waals surface area contributed by atoms with E-state index in [1.807, 2.05) is 0 Å². The van der Waals surface area contributed by atoms with E-state index in [1.165, 1.54) is 14.0 Å². The van der Waals surface area contributed by atoms with Crippen LogP contribution in [-0.2, 0) is 14.6 Å². The maximum Gasteiger partial charge on any atom is 0.501 e. The first kappa shape index (κ1) is 16.3. The zero-order valence-corrected chi connectivity index (χ0v) is 12.3.